The zero-order chi connectivity index (χ0) is 15.6. The number of amides is 1. The summed E-state index contributed by atoms with van der Waals surface area (Å²) in [5.41, 5.74) is 1.52. The summed E-state index contributed by atoms with van der Waals surface area (Å²) < 4.78 is 1.77. The van der Waals surface area contributed by atoms with Crippen LogP contribution in [-0.2, 0) is 0 Å². The first kappa shape index (κ1) is 14.5. The maximum Gasteiger partial charge on any atom is 0.274 e. The highest BCUT2D eigenvalue weighted by atomic mass is 16.2. The molecule has 4 rings (SSSR count). The quantitative estimate of drug-likeness (QED) is 0.854. The van der Waals surface area contributed by atoms with Crippen LogP contribution in [-0.4, -0.2) is 57.7 Å². The first-order chi connectivity index (χ1) is 11.3. The second-order valence-corrected chi connectivity index (χ2v) is 6.42. The molecule has 5 nitrogen and oxygen atoms in total. The van der Waals surface area contributed by atoms with Gasteiger partial charge in [0.25, 0.3) is 5.91 Å². The summed E-state index contributed by atoms with van der Waals surface area (Å²) in [6.45, 7) is 3.84. The Morgan fingerprint density at radius 3 is 2.78 bits per heavy atom. The highest BCUT2D eigenvalue weighted by molar-refractivity contribution is 5.92. The van der Waals surface area contributed by atoms with Crippen LogP contribution in [0.15, 0.2) is 42.6 Å². The van der Waals surface area contributed by atoms with Gasteiger partial charge in [-0.25, -0.2) is 4.68 Å². The predicted octanol–water partition coefficient (Wildman–Crippen LogP) is 2.18. The molecule has 2 saturated heterocycles. The van der Waals surface area contributed by atoms with Crippen LogP contribution in [0.25, 0.3) is 5.69 Å². The molecule has 0 spiro atoms. The predicted molar refractivity (Wildman–Crippen MR) is 88.7 cm³/mol. The molecule has 0 aliphatic carbocycles. The SMILES string of the molecule is O=C(c1ccn(-c2ccccc2)n1)N1CCN2CCCC[C@@H]2C1. The van der Waals surface area contributed by atoms with Gasteiger partial charge in [-0.3, -0.25) is 9.69 Å². The zero-order valence-corrected chi connectivity index (χ0v) is 13.3. The monoisotopic (exact) mass is 310 g/mol. The number of hydrogen-bond donors (Lipinski definition) is 0. The van der Waals surface area contributed by atoms with Gasteiger partial charge in [-0.05, 0) is 37.6 Å². The maximum atomic E-state index is 12.8. The number of aromatic nitrogens is 2. The number of fused-ring (bicyclic) bond motifs is 1. The number of para-hydroxylation sites is 1. The fourth-order valence-electron chi connectivity index (χ4n) is 3.66. The molecule has 120 valence electrons. The molecule has 2 fully saturated rings. The summed E-state index contributed by atoms with van der Waals surface area (Å²) in [6.07, 6.45) is 5.65. The van der Waals surface area contributed by atoms with E-state index in [9.17, 15) is 4.79 Å². The van der Waals surface area contributed by atoms with Gasteiger partial charge in [0.15, 0.2) is 5.69 Å². The molecule has 1 aromatic heterocycles. The number of benzene rings is 1. The van der Waals surface area contributed by atoms with Crippen molar-refractivity contribution in [2.24, 2.45) is 0 Å². The lowest BCUT2D eigenvalue weighted by atomic mass is 9.99. The number of carbonyl (C=O) groups excluding carboxylic acids is 1. The molecule has 1 aromatic carbocycles. The fraction of sp³-hybridized carbons (Fsp3) is 0.444. The van der Waals surface area contributed by atoms with E-state index >= 15 is 0 Å². The van der Waals surface area contributed by atoms with Crippen LogP contribution in [0, 0.1) is 0 Å². The number of nitrogens with zero attached hydrogens (tertiary/aromatic N) is 4. The van der Waals surface area contributed by atoms with Gasteiger partial charge in [-0.1, -0.05) is 24.6 Å². The molecule has 5 heteroatoms. The van der Waals surface area contributed by atoms with E-state index in [0.29, 0.717) is 11.7 Å². The third-order valence-electron chi connectivity index (χ3n) is 4.95. The molecule has 0 radical (unpaired) electrons. The van der Waals surface area contributed by atoms with Gasteiger partial charge in [-0.15, -0.1) is 0 Å². The Bertz CT molecular complexity index is 681. The Morgan fingerprint density at radius 1 is 1.04 bits per heavy atom. The van der Waals surface area contributed by atoms with E-state index in [2.05, 4.69) is 10.00 Å². The first-order valence-corrected chi connectivity index (χ1v) is 8.46. The van der Waals surface area contributed by atoms with Crippen LogP contribution in [0.4, 0.5) is 0 Å². The van der Waals surface area contributed by atoms with Gasteiger partial charge < -0.3 is 4.90 Å². The van der Waals surface area contributed by atoms with Crippen LogP contribution in [0.5, 0.6) is 0 Å². The van der Waals surface area contributed by atoms with Crippen LogP contribution >= 0.6 is 0 Å². The summed E-state index contributed by atoms with van der Waals surface area (Å²) in [7, 11) is 0. The van der Waals surface area contributed by atoms with Crippen molar-refractivity contribution < 1.29 is 4.79 Å². The summed E-state index contributed by atoms with van der Waals surface area (Å²) in [5.74, 6) is 0.0601. The molecule has 2 aliphatic rings. The van der Waals surface area contributed by atoms with Gasteiger partial charge in [0.05, 0.1) is 5.69 Å². The standard InChI is InChI=1S/C18H22N4O/c23-18(21-13-12-20-10-5-4-8-16(20)14-21)17-9-11-22(19-17)15-6-2-1-3-7-15/h1-3,6-7,9,11,16H,4-5,8,10,12-14H2/t16-/m1/s1. The van der Waals surface area contributed by atoms with E-state index in [0.717, 1.165) is 25.3 Å². The van der Waals surface area contributed by atoms with Crippen molar-refractivity contribution in [3.8, 4) is 5.69 Å². The Balaban J connectivity index is 1.48. The average molecular weight is 310 g/mol. The minimum atomic E-state index is 0.0601. The van der Waals surface area contributed by atoms with Gasteiger partial charge in [0.1, 0.15) is 0 Å². The number of hydrogen-bond acceptors (Lipinski definition) is 3. The Hall–Kier alpha value is -2.14. The second kappa shape index (κ2) is 6.16. The van der Waals surface area contributed by atoms with E-state index < -0.39 is 0 Å². The Morgan fingerprint density at radius 2 is 1.91 bits per heavy atom. The van der Waals surface area contributed by atoms with E-state index in [4.69, 9.17) is 0 Å². The first-order valence-electron chi connectivity index (χ1n) is 8.46. The molecule has 0 saturated carbocycles. The molecule has 0 unspecified atom stereocenters. The van der Waals surface area contributed by atoms with Gasteiger partial charge in [-0.2, -0.15) is 5.10 Å². The van der Waals surface area contributed by atoms with Crippen LogP contribution in [0.3, 0.4) is 0 Å². The molecule has 23 heavy (non-hydrogen) atoms. The molecule has 2 aliphatic heterocycles. The number of rotatable bonds is 2. The highest BCUT2D eigenvalue weighted by Gasteiger charge is 2.31. The molecule has 0 bridgehead atoms. The van der Waals surface area contributed by atoms with Crippen molar-refractivity contribution in [3.63, 3.8) is 0 Å². The van der Waals surface area contributed by atoms with Crippen molar-refractivity contribution in [2.75, 3.05) is 26.2 Å². The van der Waals surface area contributed by atoms with E-state index in [-0.39, 0.29) is 5.91 Å². The second-order valence-electron chi connectivity index (χ2n) is 6.42. The Labute approximate surface area is 136 Å². The minimum absolute atomic E-state index is 0.0601. The lowest BCUT2D eigenvalue weighted by Crippen LogP contribution is -2.56. The highest BCUT2D eigenvalue weighted by Crippen LogP contribution is 2.22. The van der Waals surface area contributed by atoms with E-state index in [1.807, 2.05) is 47.5 Å². The van der Waals surface area contributed by atoms with Gasteiger partial charge >= 0.3 is 0 Å². The summed E-state index contributed by atoms with van der Waals surface area (Å²) in [6, 6.07) is 12.3. The Kier molecular flexibility index (Phi) is 3.87. The number of carbonyl (C=O) groups is 1. The van der Waals surface area contributed by atoms with Crippen LogP contribution in [0.1, 0.15) is 29.8 Å². The fourth-order valence-corrected chi connectivity index (χ4v) is 3.66. The summed E-state index contributed by atoms with van der Waals surface area (Å²) >= 11 is 0. The number of piperazine rings is 1. The van der Waals surface area contributed by atoms with Crippen molar-refractivity contribution >= 4 is 5.91 Å². The van der Waals surface area contributed by atoms with Crippen LogP contribution < -0.4 is 0 Å². The molecule has 2 aromatic rings. The zero-order valence-electron chi connectivity index (χ0n) is 13.3. The molecule has 1 atom stereocenters. The van der Waals surface area contributed by atoms with Crippen LogP contribution in [0.2, 0.25) is 0 Å². The summed E-state index contributed by atoms with van der Waals surface area (Å²) in [4.78, 5) is 17.3. The average Bonchev–Trinajstić information content (AvgIpc) is 3.11. The van der Waals surface area contributed by atoms with Gasteiger partial charge in [0.2, 0.25) is 0 Å². The molecule has 1 amide bonds. The minimum Gasteiger partial charge on any atom is -0.334 e. The van der Waals surface area contributed by atoms with E-state index in [1.165, 1.54) is 25.8 Å². The molecular formula is C18H22N4O. The maximum absolute atomic E-state index is 12.8. The largest absolute Gasteiger partial charge is 0.334 e. The normalized spacial score (nSPS) is 21.9. The van der Waals surface area contributed by atoms with Crippen molar-refractivity contribution in [3.05, 3.63) is 48.3 Å². The lowest BCUT2D eigenvalue weighted by Gasteiger charge is -2.43. The van der Waals surface area contributed by atoms with Crippen molar-refractivity contribution in [1.82, 2.24) is 19.6 Å². The molecule has 0 N–H and O–H groups in total. The third kappa shape index (κ3) is 2.88. The van der Waals surface area contributed by atoms with E-state index in [1.54, 1.807) is 4.68 Å². The smallest absolute Gasteiger partial charge is 0.274 e. The molecule has 3 heterocycles. The van der Waals surface area contributed by atoms with Crippen molar-refractivity contribution in [2.45, 2.75) is 25.3 Å². The third-order valence-corrected chi connectivity index (χ3v) is 4.95. The molecular weight excluding hydrogens is 288 g/mol. The lowest BCUT2D eigenvalue weighted by molar-refractivity contribution is 0.0368. The summed E-state index contributed by atoms with van der Waals surface area (Å²) in [5, 5.41) is 4.47. The number of piperidine rings is 1. The topological polar surface area (TPSA) is 41.4 Å². The van der Waals surface area contributed by atoms with Gasteiger partial charge in [0, 0.05) is 31.9 Å². The van der Waals surface area contributed by atoms with Crippen molar-refractivity contribution in [1.29, 1.82) is 0 Å².